The van der Waals surface area contributed by atoms with Crippen molar-refractivity contribution in [3.05, 3.63) is 144 Å². The van der Waals surface area contributed by atoms with Gasteiger partial charge in [0.05, 0.1) is 39.5 Å². The molecule has 5 aromatic carbocycles. The molecule has 47 heavy (non-hydrogen) atoms. The third-order valence-electron chi connectivity index (χ3n) is 8.17. The van der Waals surface area contributed by atoms with Crippen LogP contribution in [0.5, 0.6) is 0 Å². The molecule has 0 atom stereocenters. The summed E-state index contributed by atoms with van der Waals surface area (Å²) < 4.78 is 85.7. The van der Waals surface area contributed by atoms with Crippen LogP contribution in [0.25, 0.3) is 60.9 Å². The van der Waals surface area contributed by atoms with E-state index in [-0.39, 0.29) is 17.2 Å². The van der Waals surface area contributed by atoms with E-state index in [1.807, 2.05) is 65.2 Å². The number of para-hydroxylation sites is 2. The van der Waals surface area contributed by atoms with Crippen molar-refractivity contribution < 1.29 is 26.3 Å². The Balaban J connectivity index is 1.63. The van der Waals surface area contributed by atoms with Crippen molar-refractivity contribution in [1.82, 2.24) is 9.55 Å². The second-order valence-corrected chi connectivity index (χ2v) is 11.0. The van der Waals surface area contributed by atoms with E-state index in [2.05, 4.69) is 11.1 Å². The molecule has 0 saturated heterocycles. The molecule has 0 unspecified atom stereocenters. The summed E-state index contributed by atoms with van der Waals surface area (Å²) in [5.74, 6) is 0. The summed E-state index contributed by atoms with van der Waals surface area (Å²) in [5, 5.41) is 11.7. The minimum Gasteiger partial charge on any atom is -0.308 e. The fraction of sp³-hybridized carbons (Fsp3) is 0.0526. The molecule has 0 aliphatic heterocycles. The van der Waals surface area contributed by atoms with Crippen LogP contribution in [0.1, 0.15) is 16.7 Å². The summed E-state index contributed by atoms with van der Waals surface area (Å²) in [6.07, 6.45) is -6.78. The molecule has 0 bridgehead atoms. The lowest BCUT2D eigenvalue weighted by Gasteiger charge is -2.19. The molecule has 3 nitrogen and oxygen atoms in total. The number of aromatic nitrogens is 2. The van der Waals surface area contributed by atoms with Crippen molar-refractivity contribution >= 4 is 21.8 Å². The third-order valence-corrected chi connectivity index (χ3v) is 8.17. The van der Waals surface area contributed by atoms with E-state index < -0.39 is 23.5 Å². The highest BCUT2D eigenvalue weighted by atomic mass is 19.4. The van der Waals surface area contributed by atoms with Crippen LogP contribution >= 0.6 is 0 Å². The molecule has 0 amide bonds. The van der Waals surface area contributed by atoms with Crippen LogP contribution in [0.2, 0.25) is 0 Å². The molecular weight excluding hydrogens is 612 g/mol. The number of rotatable bonds is 4. The van der Waals surface area contributed by atoms with Crippen molar-refractivity contribution in [3.8, 4) is 45.1 Å². The van der Waals surface area contributed by atoms with Gasteiger partial charge in [-0.25, -0.2) is 0 Å². The van der Waals surface area contributed by atoms with Crippen molar-refractivity contribution in [2.24, 2.45) is 0 Å². The normalized spacial score (nSPS) is 12.0. The monoisotopic (exact) mass is 633 g/mol. The maximum absolute atomic E-state index is 14.0. The molecule has 9 heteroatoms. The number of alkyl halides is 6. The predicted molar refractivity (Wildman–Crippen MR) is 170 cm³/mol. The van der Waals surface area contributed by atoms with Crippen LogP contribution < -0.4 is 0 Å². The summed E-state index contributed by atoms with van der Waals surface area (Å²) in [7, 11) is 0. The second-order valence-electron chi connectivity index (χ2n) is 11.0. The summed E-state index contributed by atoms with van der Waals surface area (Å²) in [4.78, 5) is 4.09. The summed E-state index contributed by atoms with van der Waals surface area (Å²) in [6.45, 7) is 0. The van der Waals surface area contributed by atoms with Gasteiger partial charge in [-0.3, -0.25) is 4.98 Å². The molecule has 2 heterocycles. The van der Waals surface area contributed by atoms with Crippen LogP contribution in [0.3, 0.4) is 0 Å². The smallest absolute Gasteiger partial charge is 0.308 e. The van der Waals surface area contributed by atoms with E-state index in [0.717, 1.165) is 28.6 Å². The Kier molecular flexibility index (Phi) is 7.09. The Hall–Kier alpha value is -5.88. The highest BCUT2D eigenvalue weighted by molar-refractivity contribution is 6.14. The lowest BCUT2D eigenvalue weighted by molar-refractivity contribution is -0.143. The van der Waals surface area contributed by atoms with E-state index in [1.54, 1.807) is 42.7 Å². The molecular formula is C38H21F6N3. The molecule has 0 aliphatic carbocycles. The zero-order chi connectivity index (χ0) is 32.9. The van der Waals surface area contributed by atoms with Gasteiger partial charge in [0.2, 0.25) is 0 Å². The SMILES string of the molecule is N#Cc1cc(-n2c3ccccc3c3cccc(-c4cc(C(F)(F)F)cc(C(F)(F)F)c4)c32)c(-c2ccccc2)cc1-c1ccncc1. The van der Waals surface area contributed by atoms with Gasteiger partial charge in [0.1, 0.15) is 0 Å². The van der Waals surface area contributed by atoms with Gasteiger partial charge >= 0.3 is 12.4 Å². The number of fused-ring (bicyclic) bond motifs is 3. The molecule has 0 N–H and O–H groups in total. The lowest BCUT2D eigenvalue weighted by atomic mass is 9.93. The highest BCUT2D eigenvalue weighted by Gasteiger charge is 2.37. The number of hydrogen-bond donors (Lipinski definition) is 0. The summed E-state index contributed by atoms with van der Waals surface area (Å²) in [6, 6.07) is 32.7. The Bertz CT molecular complexity index is 2300. The van der Waals surface area contributed by atoms with Crippen LogP contribution in [-0.2, 0) is 12.4 Å². The van der Waals surface area contributed by atoms with Crippen molar-refractivity contribution in [3.63, 3.8) is 0 Å². The molecule has 2 aromatic heterocycles. The largest absolute Gasteiger partial charge is 0.416 e. The standard InChI is InChI=1S/C38H21F6N3/c39-37(40,41)27-17-25(18-28(20-27)38(42,43)44)29-10-6-11-31-30-9-4-5-12-34(30)47(36(29)31)35-19-26(22-45)32(24-13-15-46-16-14-24)21-33(35)23-7-2-1-3-8-23/h1-21H. The minimum absolute atomic E-state index is 0.129. The van der Waals surface area contributed by atoms with E-state index in [0.29, 0.717) is 38.8 Å². The fourth-order valence-corrected chi connectivity index (χ4v) is 6.10. The Morgan fingerprint density at radius 3 is 1.83 bits per heavy atom. The number of nitriles is 1. The molecule has 0 aliphatic rings. The number of hydrogen-bond acceptors (Lipinski definition) is 2. The van der Waals surface area contributed by atoms with Crippen molar-refractivity contribution in [1.29, 1.82) is 5.26 Å². The molecule has 0 fully saturated rings. The van der Waals surface area contributed by atoms with Gasteiger partial charge in [-0.15, -0.1) is 0 Å². The fourth-order valence-electron chi connectivity index (χ4n) is 6.10. The molecule has 230 valence electrons. The van der Waals surface area contributed by atoms with Gasteiger partial charge in [0, 0.05) is 39.9 Å². The number of halogens is 6. The number of benzene rings is 5. The first kappa shape index (κ1) is 29.8. The van der Waals surface area contributed by atoms with E-state index in [4.69, 9.17) is 0 Å². The number of nitrogens with zero attached hydrogens (tertiary/aromatic N) is 3. The van der Waals surface area contributed by atoms with Crippen LogP contribution in [0.4, 0.5) is 26.3 Å². The van der Waals surface area contributed by atoms with Crippen LogP contribution in [0, 0.1) is 11.3 Å². The first-order valence-corrected chi connectivity index (χ1v) is 14.4. The quantitative estimate of drug-likeness (QED) is 0.181. The lowest BCUT2D eigenvalue weighted by Crippen LogP contribution is -2.11. The molecule has 7 rings (SSSR count). The maximum atomic E-state index is 14.0. The average molecular weight is 634 g/mol. The molecule has 0 radical (unpaired) electrons. The third kappa shape index (κ3) is 5.28. The van der Waals surface area contributed by atoms with Gasteiger partial charge in [-0.1, -0.05) is 66.7 Å². The number of pyridine rings is 1. The molecule has 7 aromatic rings. The van der Waals surface area contributed by atoms with Gasteiger partial charge in [-0.05, 0) is 65.2 Å². The van der Waals surface area contributed by atoms with Crippen LogP contribution in [-0.4, -0.2) is 9.55 Å². The summed E-state index contributed by atoms with van der Waals surface area (Å²) in [5.41, 5.74) is 1.95. The van der Waals surface area contributed by atoms with Gasteiger partial charge in [0.25, 0.3) is 0 Å². The first-order valence-electron chi connectivity index (χ1n) is 14.4. The van der Waals surface area contributed by atoms with Gasteiger partial charge in [-0.2, -0.15) is 31.6 Å². The second kappa shape index (κ2) is 11.2. The van der Waals surface area contributed by atoms with Gasteiger partial charge < -0.3 is 4.57 Å². The van der Waals surface area contributed by atoms with Crippen LogP contribution in [0.15, 0.2) is 128 Å². The van der Waals surface area contributed by atoms with E-state index >= 15 is 0 Å². The van der Waals surface area contributed by atoms with E-state index in [1.165, 1.54) is 6.07 Å². The molecule has 0 saturated carbocycles. The zero-order valence-electron chi connectivity index (χ0n) is 24.2. The summed E-state index contributed by atoms with van der Waals surface area (Å²) >= 11 is 0. The van der Waals surface area contributed by atoms with Gasteiger partial charge in [0.15, 0.2) is 0 Å². The van der Waals surface area contributed by atoms with Crippen molar-refractivity contribution in [2.45, 2.75) is 12.4 Å². The Morgan fingerprint density at radius 2 is 1.17 bits per heavy atom. The topological polar surface area (TPSA) is 41.6 Å². The Morgan fingerprint density at radius 1 is 0.553 bits per heavy atom. The van der Waals surface area contributed by atoms with E-state index in [9.17, 15) is 31.6 Å². The van der Waals surface area contributed by atoms with Crippen molar-refractivity contribution in [2.75, 3.05) is 0 Å². The molecule has 0 spiro atoms. The average Bonchev–Trinajstić information content (AvgIpc) is 3.42. The maximum Gasteiger partial charge on any atom is 0.416 e. The minimum atomic E-state index is -5.01. The Labute approximate surface area is 264 Å². The zero-order valence-corrected chi connectivity index (χ0v) is 24.2. The first-order chi connectivity index (χ1) is 22.5. The predicted octanol–water partition coefficient (Wildman–Crippen LogP) is 11.1. The highest BCUT2D eigenvalue weighted by Crippen LogP contribution is 2.44.